The summed E-state index contributed by atoms with van der Waals surface area (Å²) in [6, 6.07) is 16.4. The molecule has 2 aromatic carbocycles. The van der Waals surface area contributed by atoms with Gasteiger partial charge in [-0.2, -0.15) is 0 Å². The maximum Gasteiger partial charge on any atom is 0.268 e. The minimum absolute atomic E-state index is 0.0913. The Labute approximate surface area is 176 Å². The summed E-state index contributed by atoms with van der Waals surface area (Å²) >= 11 is 0. The number of nitrogens with one attached hydrogen (secondary N) is 1. The summed E-state index contributed by atoms with van der Waals surface area (Å²) in [6.07, 6.45) is 0.865. The average Bonchev–Trinajstić information content (AvgIpc) is 3.08. The molecule has 0 radical (unpaired) electrons. The summed E-state index contributed by atoms with van der Waals surface area (Å²) in [5.74, 6) is 0.473. The maximum absolute atomic E-state index is 13.5. The first kappa shape index (κ1) is 20.2. The molecule has 0 spiro atoms. The number of benzene rings is 2. The number of nitrogens with zero attached hydrogens (tertiary/aromatic N) is 2. The molecular weight excluding hydrogens is 381 g/mol. The third-order valence-corrected chi connectivity index (χ3v) is 5.62. The molecule has 156 valence electrons. The Kier molecular flexibility index (Phi) is 5.86. The molecule has 6 heteroatoms. The molecule has 0 bridgehead atoms. The zero-order chi connectivity index (χ0) is 21.1. The monoisotopic (exact) mass is 407 g/mol. The Morgan fingerprint density at radius 2 is 1.93 bits per heavy atom. The van der Waals surface area contributed by atoms with Crippen LogP contribution in [-0.2, 0) is 33.1 Å². The molecule has 1 aliphatic rings. The van der Waals surface area contributed by atoms with Crippen LogP contribution in [0.1, 0.15) is 32.9 Å². The van der Waals surface area contributed by atoms with Crippen LogP contribution in [0.5, 0.6) is 5.75 Å². The third kappa shape index (κ3) is 4.39. The summed E-state index contributed by atoms with van der Waals surface area (Å²) < 4.78 is 20.7. The summed E-state index contributed by atoms with van der Waals surface area (Å²) in [7, 11) is 3.57. The number of aromatic nitrogens is 1. The highest BCUT2D eigenvalue weighted by Crippen LogP contribution is 2.24. The van der Waals surface area contributed by atoms with E-state index in [1.54, 1.807) is 19.2 Å². The van der Waals surface area contributed by atoms with Crippen molar-refractivity contribution in [3.05, 3.63) is 88.5 Å². The summed E-state index contributed by atoms with van der Waals surface area (Å²) in [6.45, 7) is 2.77. The predicted molar refractivity (Wildman–Crippen MR) is 114 cm³/mol. The molecule has 30 heavy (non-hydrogen) atoms. The largest absolute Gasteiger partial charge is 0.497 e. The van der Waals surface area contributed by atoms with Crippen LogP contribution in [0.3, 0.4) is 0 Å². The van der Waals surface area contributed by atoms with E-state index in [-0.39, 0.29) is 11.7 Å². The Bertz CT molecular complexity index is 1060. The van der Waals surface area contributed by atoms with Gasteiger partial charge in [-0.15, -0.1) is 0 Å². The first-order valence-corrected chi connectivity index (χ1v) is 10.1. The molecule has 0 fully saturated rings. The lowest BCUT2D eigenvalue weighted by Gasteiger charge is -2.27. The van der Waals surface area contributed by atoms with Gasteiger partial charge in [-0.25, -0.2) is 4.39 Å². The quantitative estimate of drug-likeness (QED) is 0.678. The van der Waals surface area contributed by atoms with Crippen molar-refractivity contribution in [2.75, 3.05) is 13.7 Å². The van der Waals surface area contributed by atoms with Crippen molar-refractivity contribution in [1.29, 1.82) is 0 Å². The number of halogens is 1. The summed E-state index contributed by atoms with van der Waals surface area (Å²) in [5.41, 5.74) is 4.97. The molecule has 5 nitrogen and oxygen atoms in total. The highest BCUT2D eigenvalue weighted by molar-refractivity contribution is 5.93. The van der Waals surface area contributed by atoms with E-state index < -0.39 is 0 Å². The van der Waals surface area contributed by atoms with Gasteiger partial charge in [-0.3, -0.25) is 9.69 Å². The molecule has 0 saturated carbocycles. The molecule has 1 N–H and O–H groups in total. The molecular formula is C24H26FN3O2. The first-order valence-electron chi connectivity index (χ1n) is 10.1. The van der Waals surface area contributed by atoms with E-state index >= 15 is 0 Å². The van der Waals surface area contributed by atoms with Gasteiger partial charge in [-0.1, -0.05) is 24.3 Å². The maximum atomic E-state index is 13.5. The number of ether oxygens (including phenoxy) is 1. The van der Waals surface area contributed by atoms with Crippen molar-refractivity contribution in [2.24, 2.45) is 7.05 Å². The second kappa shape index (κ2) is 8.71. The van der Waals surface area contributed by atoms with Gasteiger partial charge in [0.25, 0.3) is 5.91 Å². The van der Waals surface area contributed by atoms with Gasteiger partial charge in [0.1, 0.15) is 17.3 Å². The van der Waals surface area contributed by atoms with Crippen molar-refractivity contribution in [3.63, 3.8) is 0 Å². The van der Waals surface area contributed by atoms with E-state index in [0.29, 0.717) is 18.8 Å². The highest BCUT2D eigenvalue weighted by atomic mass is 19.1. The van der Waals surface area contributed by atoms with Gasteiger partial charge >= 0.3 is 0 Å². The number of carbonyl (C=O) groups excluding carboxylic acids is 1. The van der Waals surface area contributed by atoms with Crippen molar-refractivity contribution in [3.8, 4) is 5.75 Å². The molecule has 0 unspecified atom stereocenters. The second-order valence-corrected chi connectivity index (χ2v) is 7.69. The molecule has 2 heterocycles. The van der Waals surface area contributed by atoms with Crippen LogP contribution in [-0.4, -0.2) is 29.0 Å². The molecule has 1 amide bonds. The standard InChI is InChI=1S/C24H26FN3O2/c1-27-22-9-10-28(15-18-6-3-7-20(25)11-18)16-19(22)13-23(27)24(29)26-14-17-5-4-8-21(12-17)30-2/h3-8,11-13H,9-10,14-16H2,1-2H3,(H,26,29). The average molecular weight is 407 g/mol. The fourth-order valence-electron chi connectivity index (χ4n) is 4.06. The lowest BCUT2D eigenvalue weighted by atomic mass is 10.1. The normalized spacial score (nSPS) is 13.7. The summed E-state index contributed by atoms with van der Waals surface area (Å²) in [4.78, 5) is 15.1. The van der Waals surface area contributed by atoms with E-state index in [9.17, 15) is 9.18 Å². The Balaban J connectivity index is 1.42. The first-order chi connectivity index (χ1) is 14.5. The molecule has 1 aromatic heterocycles. The summed E-state index contributed by atoms with van der Waals surface area (Å²) in [5, 5.41) is 3.00. The van der Waals surface area contributed by atoms with E-state index in [0.717, 1.165) is 42.0 Å². The van der Waals surface area contributed by atoms with Gasteiger partial charge < -0.3 is 14.6 Å². The van der Waals surface area contributed by atoms with Crippen molar-refractivity contribution < 1.29 is 13.9 Å². The number of rotatable bonds is 6. The fourth-order valence-corrected chi connectivity index (χ4v) is 4.06. The van der Waals surface area contributed by atoms with Gasteiger partial charge in [0.2, 0.25) is 0 Å². The second-order valence-electron chi connectivity index (χ2n) is 7.69. The van der Waals surface area contributed by atoms with Crippen LogP contribution < -0.4 is 10.1 Å². The molecule has 3 aromatic rings. The van der Waals surface area contributed by atoms with Gasteiger partial charge in [0.15, 0.2) is 0 Å². The smallest absolute Gasteiger partial charge is 0.268 e. The minimum Gasteiger partial charge on any atom is -0.497 e. The van der Waals surface area contributed by atoms with E-state index in [2.05, 4.69) is 10.2 Å². The number of amides is 1. The Morgan fingerprint density at radius 3 is 2.73 bits per heavy atom. The number of carbonyl (C=O) groups is 1. The van der Waals surface area contributed by atoms with Crippen LogP contribution in [0.15, 0.2) is 54.6 Å². The number of methoxy groups -OCH3 is 1. The van der Waals surface area contributed by atoms with Crippen molar-refractivity contribution in [1.82, 2.24) is 14.8 Å². The van der Waals surface area contributed by atoms with E-state index in [4.69, 9.17) is 4.74 Å². The van der Waals surface area contributed by atoms with Crippen LogP contribution in [0, 0.1) is 5.82 Å². The van der Waals surface area contributed by atoms with Gasteiger partial charge in [0, 0.05) is 45.3 Å². The zero-order valence-corrected chi connectivity index (χ0v) is 17.3. The van der Waals surface area contributed by atoms with Crippen molar-refractivity contribution >= 4 is 5.91 Å². The van der Waals surface area contributed by atoms with E-state index in [1.165, 1.54) is 11.8 Å². The number of fused-ring (bicyclic) bond motifs is 1. The van der Waals surface area contributed by atoms with E-state index in [1.807, 2.05) is 48.0 Å². The highest BCUT2D eigenvalue weighted by Gasteiger charge is 2.23. The minimum atomic E-state index is -0.208. The Hall–Kier alpha value is -3.12. The van der Waals surface area contributed by atoms with Crippen LogP contribution in [0.25, 0.3) is 0 Å². The fraction of sp³-hybridized carbons (Fsp3) is 0.292. The molecule has 0 aliphatic carbocycles. The molecule has 0 saturated heterocycles. The third-order valence-electron chi connectivity index (χ3n) is 5.62. The van der Waals surface area contributed by atoms with Crippen LogP contribution in [0.4, 0.5) is 4.39 Å². The van der Waals surface area contributed by atoms with Gasteiger partial charge in [0.05, 0.1) is 7.11 Å². The molecule has 0 atom stereocenters. The zero-order valence-electron chi connectivity index (χ0n) is 17.3. The topological polar surface area (TPSA) is 46.5 Å². The predicted octanol–water partition coefficient (Wildman–Crippen LogP) is 3.66. The number of hydrogen-bond acceptors (Lipinski definition) is 3. The SMILES string of the molecule is COc1cccc(CNC(=O)c2cc3c(n2C)CCN(Cc2cccc(F)c2)C3)c1. The number of hydrogen-bond donors (Lipinski definition) is 1. The van der Waals surface area contributed by atoms with Crippen LogP contribution >= 0.6 is 0 Å². The molecule has 4 rings (SSSR count). The van der Waals surface area contributed by atoms with Crippen LogP contribution in [0.2, 0.25) is 0 Å². The molecule has 1 aliphatic heterocycles. The Morgan fingerprint density at radius 1 is 1.13 bits per heavy atom. The lowest BCUT2D eigenvalue weighted by Crippen LogP contribution is -2.30. The van der Waals surface area contributed by atoms with Crippen molar-refractivity contribution in [2.45, 2.75) is 26.1 Å². The van der Waals surface area contributed by atoms with Gasteiger partial charge in [-0.05, 0) is 47.0 Å². The lowest BCUT2D eigenvalue weighted by molar-refractivity contribution is 0.0942.